The fraction of sp³-hybridized carbons (Fsp3) is 0.273. The van der Waals surface area contributed by atoms with Crippen molar-refractivity contribution in [2.24, 2.45) is 5.92 Å². The van der Waals surface area contributed by atoms with Gasteiger partial charge in [-0.1, -0.05) is 32.0 Å². The van der Waals surface area contributed by atoms with Crippen molar-refractivity contribution in [1.82, 2.24) is 5.32 Å². The molecule has 0 saturated carbocycles. The van der Waals surface area contributed by atoms with Crippen molar-refractivity contribution < 1.29 is 14.0 Å². The maximum atomic E-state index is 12.7. The van der Waals surface area contributed by atoms with Gasteiger partial charge in [0.2, 0.25) is 0 Å². The molecule has 0 saturated heterocycles. The summed E-state index contributed by atoms with van der Waals surface area (Å²) in [5, 5.41) is 9.86. The minimum absolute atomic E-state index is 0.0970. The second-order valence-electron chi connectivity index (χ2n) is 7.13. The van der Waals surface area contributed by atoms with Crippen molar-refractivity contribution in [3.05, 3.63) is 71.0 Å². The molecule has 0 aliphatic carbocycles. The van der Waals surface area contributed by atoms with E-state index >= 15 is 0 Å². The molecule has 0 spiro atoms. The van der Waals surface area contributed by atoms with Crippen LogP contribution in [0.25, 0.3) is 0 Å². The largest absolute Gasteiger partial charge is 0.459 e. The lowest BCUT2D eigenvalue weighted by molar-refractivity contribution is 0.0952. The van der Waals surface area contributed by atoms with Crippen LogP contribution in [0, 0.1) is 12.8 Å². The predicted octanol–water partition coefficient (Wildman–Crippen LogP) is 4.77. The van der Waals surface area contributed by atoms with Gasteiger partial charge in [0, 0.05) is 18.3 Å². The van der Waals surface area contributed by atoms with E-state index in [1.165, 1.54) is 17.6 Å². The summed E-state index contributed by atoms with van der Waals surface area (Å²) in [4.78, 5) is 25.4. The smallest absolute Gasteiger partial charge is 0.291 e. The Hall–Kier alpha value is -3.06. The topological polar surface area (TPSA) is 83.4 Å². The van der Waals surface area contributed by atoms with E-state index in [-0.39, 0.29) is 23.6 Å². The minimum Gasteiger partial charge on any atom is -0.459 e. The molecule has 152 valence electrons. The Kier molecular flexibility index (Phi) is 6.72. The van der Waals surface area contributed by atoms with Gasteiger partial charge in [0.25, 0.3) is 11.8 Å². The van der Waals surface area contributed by atoms with E-state index in [9.17, 15) is 9.59 Å². The first kappa shape index (κ1) is 20.7. The molecular formula is C22H25N3O3S. The Bertz CT molecular complexity index is 949. The quantitative estimate of drug-likeness (QED) is 0.499. The highest BCUT2D eigenvalue weighted by atomic mass is 32.1. The summed E-state index contributed by atoms with van der Waals surface area (Å²) in [5.41, 5.74) is 1.84. The first-order chi connectivity index (χ1) is 13.9. The van der Waals surface area contributed by atoms with Gasteiger partial charge in [-0.05, 0) is 48.7 Å². The zero-order valence-corrected chi connectivity index (χ0v) is 17.5. The Morgan fingerprint density at radius 2 is 1.83 bits per heavy atom. The molecule has 0 aliphatic rings. The SMILES string of the molecule is Cc1cc(NC(=O)c2ccco2)sc1C(=O)NCC(Nc1ccccc1)C(C)C. The van der Waals surface area contributed by atoms with Crippen LogP contribution in [0.15, 0.2) is 59.2 Å². The van der Waals surface area contributed by atoms with Gasteiger partial charge in [-0.3, -0.25) is 9.59 Å². The molecule has 0 radical (unpaired) electrons. The molecule has 0 aliphatic heterocycles. The summed E-state index contributed by atoms with van der Waals surface area (Å²) in [5.74, 6) is 0.0820. The van der Waals surface area contributed by atoms with Crippen LogP contribution >= 0.6 is 11.3 Å². The molecule has 3 N–H and O–H groups in total. The number of thiophene rings is 1. The first-order valence-electron chi connectivity index (χ1n) is 9.49. The van der Waals surface area contributed by atoms with E-state index in [0.29, 0.717) is 22.3 Å². The van der Waals surface area contributed by atoms with Crippen LogP contribution in [0.2, 0.25) is 0 Å². The van der Waals surface area contributed by atoms with Gasteiger partial charge in [0.05, 0.1) is 16.1 Å². The summed E-state index contributed by atoms with van der Waals surface area (Å²) < 4.78 is 5.09. The maximum absolute atomic E-state index is 12.7. The van der Waals surface area contributed by atoms with Crippen LogP contribution in [-0.4, -0.2) is 24.4 Å². The second kappa shape index (κ2) is 9.43. The van der Waals surface area contributed by atoms with Gasteiger partial charge < -0.3 is 20.4 Å². The van der Waals surface area contributed by atoms with Crippen molar-refractivity contribution in [2.75, 3.05) is 17.2 Å². The number of anilines is 2. The molecule has 2 heterocycles. The molecule has 6 nitrogen and oxygen atoms in total. The monoisotopic (exact) mass is 411 g/mol. The van der Waals surface area contributed by atoms with Crippen LogP contribution in [0.4, 0.5) is 10.7 Å². The molecule has 0 bridgehead atoms. The second-order valence-corrected chi connectivity index (χ2v) is 8.18. The third-order valence-corrected chi connectivity index (χ3v) is 5.67. The zero-order chi connectivity index (χ0) is 20.8. The predicted molar refractivity (Wildman–Crippen MR) is 117 cm³/mol. The number of benzene rings is 1. The maximum Gasteiger partial charge on any atom is 0.291 e. The number of carbonyl (C=O) groups excluding carboxylic acids is 2. The summed E-state index contributed by atoms with van der Waals surface area (Å²) >= 11 is 1.25. The molecule has 1 atom stereocenters. The van der Waals surface area contributed by atoms with Crippen LogP contribution in [-0.2, 0) is 0 Å². The van der Waals surface area contributed by atoms with E-state index in [1.807, 2.05) is 37.3 Å². The van der Waals surface area contributed by atoms with Gasteiger partial charge in [-0.2, -0.15) is 0 Å². The molecule has 2 aromatic heterocycles. The Balaban J connectivity index is 1.61. The number of furan rings is 1. The number of nitrogens with one attached hydrogen (secondary N) is 3. The lowest BCUT2D eigenvalue weighted by Crippen LogP contribution is -2.39. The van der Waals surface area contributed by atoms with Crippen LogP contribution < -0.4 is 16.0 Å². The molecule has 3 aromatic rings. The van der Waals surface area contributed by atoms with Crippen molar-refractivity contribution in [3.8, 4) is 0 Å². The standard InChI is InChI=1S/C22H25N3O3S/c1-14(2)17(24-16-8-5-4-6-9-16)13-23-22(27)20-15(3)12-19(29-20)25-21(26)18-10-7-11-28-18/h4-12,14,17,24H,13H2,1-3H3,(H,23,27)(H,25,26). The average Bonchev–Trinajstić information content (AvgIpc) is 3.35. The number of hydrogen-bond acceptors (Lipinski definition) is 5. The number of hydrogen-bond donors (Lipinski definition) is 3. The van der Waals surface area contributed by atoms with E-state index in [4.69, 9.17) is 4.42 Å². The van der Waals surface area contributed by atoms with Crippen LogP contribution in [0.5, 0.6) is 0 Å². The Morgan fingerprint density at radius 1 is 1.07 bits per heavy atom. The molecule has 1 unspecified atom stereocenters. The summed E-state index contributed by atoms with van der Waals surface area (Å²) in [6.45, 7) is 6.59. The Morgan fingerprint density at radius 3 is 2.48 bits per heavy atom. The van der Waals surface area contributed by atoms with Crippen molar-refractivity contribution in [1.29, 1.82) is 0 Å². The molecule has 29 heavy (non-hydrogen) atoms. The highest BCUT2D eigenvalue weighted by Gasteiger charge is 2.19. The molecule has 7 heteroatoms. The number of aryl methyl sites for hydroxylation is 1. The third-order valence-electron chi connectivity index (χ3n) is 4.52. The van der Waals surface area contributed by atoms with E-state index in [0.717, 1.165) is 11.3 Å². The van der Waals surface area contributed by atoms with Gasteiger partial charge >= 0.3 is 0 Å². The zero-order valence-electron chi connectivity index (χ0n) is 16.7. The van der Waals surface area contributed by atoms with E-state index in [1.54, 1.807) is 18.2 Å². The lowest BCUT2D eigenvalue weighted by Gasteiger charge is -2.24. The fourth-order valence-electron chi connectivity index (χ4n) is 2.84. The molecule has 2 amide bonds. The van der Waals surface area contributed by atoms with Gasteiger partial charge in [0.15, 0.2) is 5.76 Å². The third kappa shape index (κ3) is 5.48. The van der Waals surface area contributed by atoms with Crippen molar-refractivity contribution in [2.45, 2.75) is 26.8 Å². The molecular weight excluding hydrogens is 386 g/mol. The minimum atomic E-state index is -0.338. The highest BCUT2D eigenvalue weighted by Crippen LogP contribution is 2.27. The number of para-hydroxylation sites is 1. The lowest BCUT2D eigenvalue weighted by atomic mass is 10.0. The van der Waals surface area contributed by atoms with Gasteiger partial charge in [-0.15, -0.1) is 11.3 Å². The van der Waals surface area contributed by atoms with Crippen LogP contribution in [0.3, 0.4) is 0 Å². The van der Waals surface area contributed by atoms with Gasteiger partial charge in [-0.25, -0.2) is 0 Å². The number of rotatable bonds is 8. The highest BCUT2D eigenvalue weighted by molar-refractivity contribution is 7.18. The normalized spacial score (nSPS) is 11.9. The van der Waals surface area contributed by atoms with E-state index in [2.05, 4.69) is 29.8 Å². The number of carbonyl (C=O) groups is 2. The number of amides is 2. The van der Waals surface area contributed by atoms with Gasteiger partial charge in [0.1, 0.15) is 0 Å². The molecule has 1 aromatic carbocycles. The molecule has 3 rings (SSSR count). The summed E-state index contributed by atoms with van der Waals surface area (Å²) in [6, 6.07) is 15.1. The van der Waals surface area contributed by atoms with Crippen molar-refractivity contribution >= 4 is 33.8 Å². The van der Waals surface area contributed by atoms with Crippen molar-refractivity contribution in [3.63, 3.8) is 0 Å². The Labute approximate surface area is 174 Å². The van der Waals surface area contributed by atoms with Crippen LogP contribution in [0.1, 0.15) is 39.6 Å². The average molecular weight is 412 g/mol. The summed E-state index contributed by atoms with van der Waals surface area (Å²) in [6.07, 6.45) is 1.45. The first-order valence-corrected chi connectivity index (χ1v) is 10.3. The molecule has 0 fully saturated rings. The van der Waals surface area contributed by atoms with E-state index < -0.39 is 0 Å². The summed E-state index contributed by atoms with van der Waals surface area (Å²) in [7, 11) is 0. The fourth-order valence-corrected chi connectivity index (χ4v) is 3.82.